The molecule has 0 saturated heterocycles. The van der Waals surface area contributed by atoms with Crippen molar-refractivity contribution in [1.29, 1.82) is 0 Å². The molecule has 106 valence electrons. The Morgan fingerprint density at radius 2 is 2.05 bits per heavy atom. The van der Waals surface area contributed by atoms with E-state index in [1.165, 1.54) is 13.0 Å². The normalized spacial score (nSPS) is 12.7. The molecule has 0 aliphatic rings. The smallest absolute Gasteiger partial charge is 0.216 e. The van der Waals surface area contributed by atoms with Crippen LogP contribution >= 0.6 is 12.2 Å². The third-order valence-electron chi connectivity index (χ3n) is 2.41. The predicted octanol–water partition coefficient (Wildman–Crippen LogP) is 2.50. The van der Waals surface area contributed by atoms with Crippen molar-refractivity contribution in [2.24, 2.45) is 5.92 Å². The molecular formula is C14H21NO3S. The molecule has 0 aromatic carbocycles. The Hall–Kier alpha value is -1.49. The van der Waals surface area contributed by atoms with Gasteiger partial charge < -0.3 is 10.4 Å². The lowest BCUT2D eigenvalue weighted by Crippen LogP contribution is -2.28. The number of allylic oxidation sites excluding steroid dienone is 4. The summed E-state index contributed by atoms with van der Waals surface area (Å²) < 4.78 is 0. The van der Waals surface area contributed by atoms with Crippen LogP contribution in [0.15, 0.2) is 24.3 Å². The Morgan fingerprint density at radius 3 is 2.58 bits per heavy atom. The third kappa shape index (κ3) is 9.13. The summed E-state index contributed by atoms with van der Waals surface area (Å²) >= 11 is 4.66. The molecule has 0 aliphatic carbocycles. The number of carbonyl (C=O) groups excluding carboxylic acids is 2. The molecule has 0 fully saturated rings. The maximum Gasteiger partial charge on any atom is 0.216 e. The SMILES string of the molecule is CCC/C=C/C=C/C(=O)C(CCNC(C)=O)C(O)=S. The van der Waals surface area contributed by atoms with Gasteiger partial charge in [-0.25, -0.2) is 0 Å². The van der Waals surface area contributed by atoms with Crippen LogP contribution in [-0.2, 0) is 9.59 Å². The summed E-state index contributed by atoms with van der Waals surface area (Å²) in [4.78, 5) is 22.5. The van der Waals surface area contributed by atoms with Gasteiger partial charge in [0.05, 0.1) is 5.92 Å². The second kappa shape index (κ2) is 10.4. The minimum absolute atomic E-state index is 0.173. The Labute approximate surface area is 119 Å². The van der Waals surface area contributed by atoms with Crippen molar-refractivity contribution in [2.75, 3.05) is 6.54 Å². The van der Waals surface area contributed by atoms with Crippen LogP contribution in [0.25, 0.3) is 0 Å². The maximum absolute atomic E-state index is 11.8. The van der Waals surface area contributed by atoms with Gasteiger partial charge in [0.25, 0.3) is 0 Å². The van der Waals surface area contributed by atoms with Crippen LogP contribution in [0.4, 0.5) is 0 Å². The van der Waals surface area contributed by atoms with Crippen molar-refractivity contribution in [3.8, 4) is 0 Å². The minimum atomic E-state index is -0.738. The standard InChI is InChI=1S/C14H21NO3S/c1-3-4-5-6-7-8-13(17)12(14(18)19)9-10-15-11(2)16/h5-8,12H,3-4,9-10H2,1-2H3,(H,15,16)(H,18,19)/b6-5+,8-7+. The van der Waals surface area contributed by atoms with Crippen molar-refractivity contribution in [3.05, 3.63) is 24.3 Å². The molecule has 0 heterocycles. The predicted molar refractivity (Wildman–Crippen MR) is 80.2 cm³/mol. The third-order valence-corrected chi connectivity index (χ3v) is 2.70. The number of carbonyl (C=O) groups is 2. The molecular weight excluding hydrogens is 262 g/mol. The molecule has 1 amide bonds. The fourth-order valence-electron chi connectivity index (χ4n) is 1.39. The van der Waals surface area contributed by atoms with Crippen LogP contribution in [0.3, 0.4) is 0 Å². The highest BCUT2D eigenvalue weighted by Gasteiger charge is 2.20. The monoisotopic (exact) mass is 283 g/mol. The number of amides is 1. The lowest BCUT2D eigenvalue weighted by molar-refractivity contribution is -0.120. The molecule has 0 bridgehead atoms. The van der Waals surface area contributed by atoms with Crippen molar-refractivity contribution in [1.82, 2.24) is 5.32 Å². The number of nitrogens with one attached hydrogen (secondary N) is 1. The van der Waals surface area contributed by atoms with Crippen molar-refractivity contribution in [3.63, 3.8) is 0 Å². The molecule has 0 aromatic heterocycles. The Morgan fingerprint density at radius 1 is 1.37 bits per heavy atom. The minimum Gasteiger partial charge on any atom is -0.501 e. The van der Waals surface area contributed by atoms with Crippen molar-refractivity contribution < 1.29 is 14.7 Å². The average molecular weight is 283 g/mol. The van der Waals surface area contributed by atoms with E-state index in [9.17, 15) is 14.7 Å². The van der Waals surface area contributed by atoms with Gasteiger partial charge in [0.15, 0.2) is 10.8 Å². The van der Waals surface area contributed by atoms with Gasteiger partial charge in [-0.15, -0.1) is 0 Å². The zero-order valence-corrected chi connectivity index (χ0v) is 12.2. The molecule has 0 rings (SSSR count). The summed E-state index contributed by atoms with van der Waals surface area (Å²) in [6.45, 7) is 3.78. The largest absolute Gasteiger partial charge is 0.501 e. The zero-order valence-electron chi connectivity index (χ0n) is 11.4. The number of hydrogen-bond donors (Lipinski definition) is 2. The highest BCUT2D eigenvalue weighted by molar-refractivity contribution is 7.80. The maximum atomic E-state index is 11.8. The highest BCUT2D eigenvalue weighted by atomic mass is 32.1. The number of unbranched alkanes of at least 4 members (excludes halogenated alkanes) is 1. The van der Waals surface area contributed by atoms with Crippen LogP contribution in [0.1, 0.15) is 33.1 Å². The van der Waals surface area contributed by atoms with Gasteiger partial charge in [0.1, 0.15) is 0 Å². The van der Waals surface area contributed by atoms with Gasteiger partial charge in [-0.1, -0.05) is 31.6 Å². The van der Waals surface area contributed by atoms with E-state index in [1.54, 1.807) is 12.2 Å². The number of hydrogen-bond acceptors (Lipinski definition) is 3. The van der Waals surface area contributed by atoms with Crippen LogP contribution in [0.5, 0.6) is 0 Å². The van der Waals surface area contributed by atoms with E-state index in [0.717, 1.165) is 12.8 Å². The Bertz CT molecular complexity index is 375. The lowest BCUT2D eigenvalue weighted by atomic mass is 10.0. The van der Waals surface area contributed by atoms with E-state index in [2.05, 4.69) is 24.5 Å². The van der Waals surface area contributed by atoms with E-state index >= 15 is 0 Å². The first-order chi connectivity index (χ1) is 8.99. The molecule has 1 unspecified atom stereocenters. The molecule has 0 spiro atoms. The van der Waals surface area contributed by atoms with Gasteiger partial charge in [0.2, 0.25) is 5.91 Å². The lowest BCUT2D eigenvalue weighted by Gasteiger charge is -2.10. The molecule has 0 radical (unpaired) electrons. The number of aliphatic hydroxyl groups excluding tert-OH is 1. The summed E-state index contributed by atoms with van der Waals surface area (Å²) in [6, 6.07) is 0. The van der Waals surface area contributed by atoms with Crippen LogP contribution in [0.2, 0.25) is 0 Å². The van der Waals surface area contributed by atoms with Crippen LogP contribution < -0.4 is 5.32 Å². The second-order valence-corrected chi connectivity index (χ2v) is 4.56. The zero-order chi connectivity index (χ0) is 14.7. The van der Waals surface area contributed by atoms with E-state index < -0.39 is 5.92 Å². The topological polar surface area (TPSA) is 66.4 Å². The number of thiocarbonyl (C=S) groups is 1. The van der Waals surface area contributed by atoms with Gasteiger partial charge in [-0.3, -0.25) is 9.59 Å². The molecule has 4 nitrogen and oxygen atoms in total. The van der Waals surface area contributed by atoms with E-state index in [0.29, 0.717) is 13.0 Å². The second-order valence-electron chi connectivity index (χ2n) is 4.14. The van der Waals surface area contributed by atoms with Crippen LogP contribution in [-0.4, -0.2) is 28.4 Å². The molecule has 1 atom stereocenters. The van der Waals surface area contributed by atoms with Crippen molar-refractivity contribution >= 4 is 29.0 Å². The first-order valence-electron chi connectivity index (χ1n) is 6.33. The summed E-state index contributed by atoms with van der Waals surface area (Å²) in [5, 5.41) is 11.6. The van der Waals surface area contributed by atoms with E-state index in [1.807, 2.05) is 6.08 Å². The quantitative estimate of drug-likeness (QED) is 0.387. The molecule has 0 aliphatic heterocycles. The Kier molecular flexibility index (Phi) is 9.62. The summed E-state index contributed by atoms with van der Waals surface area (Å²) in [7, 11) is 0. The highest BCUT2D eigenvalue weighted by Crippen LogP contribution is 2.07. The number of ketones is 1. The number of aliphatic hydroxyl groups is 1. The fourth-order valence-corrected chi connectivity index (χ4v) is 1.62. The summed E-state index contributed by atoms with van der Waals surface area (Å²) in [6.07, 6.45) is 9.12. The van der Waals surface area contributed by atoms with Gasteiger partial charge >= 0.3 is 0 Å². The first kappa shape index (κ1) is 17.5. The van der Waals surface area contributed by atoms with Crippen LogP contribution in [0, 0.1) is 5.92 Å². The van der Waals surface area contributed by atoms with Gasteiger partial charge in [0, 0.05) is 13.5 Å². The molecule has 2 N–H and O–H groups in total. The average Bonchev–Trinajstić information content (AvgIpc) is 2.33. The molecule has 5 heteroatoms. The van der Waals surface area contributed by atoms with Gasteiger partial charge in [-0.2, -0.15) is 0 Å². The Balaban J connectivity index is 4.33. The summed E-state index contributed by atoms with van der Waals surface area (Å²) in [5.74, 6) is -1.16. The fraction of sp³-hybridized carbons (Fsp3) is 0.500. The van der Waals surface area contributed by atoms with E-state index in [-0.39, 0.29) is 16.7 Å². The summed E-state index contributed by atoms with van der Waals surface area (Å²) in [5.41, 5.74) is 0. The van der Waals surface area contributed by atoms with Crippen molar-refractivity contribution in [2.45, 2.75) is 33.1 Å². The number of rotatable bonds is 9. The molecule has 19 heavy (non-hydrogen) atoms. The van der Waals surface area contributed by atoms with Gasteiger partial charge in [-0.05, 0) is 31.1 Å². The first-order valence-corrected chi connectivity index (χ1v) is 6.74. The van der Waals surface area contributed by atoms with E-state index in [4.69, 9.17) is 0 Å². The molecule has 0 saturated carbocycles. The molecule has 0 aromatic rings.